The van der Waals surface area contributed by atoms with E-state index in [9.17, 15) is 4.79 Å². The Hall–Kier alpha value is -0.820. The summed E-state index contributed by atoms with van der Waals surface area (Å²) >= 11 is 5.95. The zero-order valence-electron chi connectivity index (χ0n) is 6.86. The van der Waals surface area contributed by atoms with Gasteiger partial charge in [0.15, 0.2) is 5.78 Å². The number of benzene rings is 1. The van der Waals surface area contributed by atoms with Crippen molar-refractivity contribution in [2.24, 2.45) is 0 Å². The minimum Gasteiger partial charge on any atom is -0.294 e. The number of Topliss-reactive ketones (excluding diaryl/α,β-unsaturated/α-hetero) is 1. The molecule has 0 saturated carbocycles. The summed E-state index contributed by atoms with van der Waals surface area (Å²) < 4.78 is 0. The average Bonchev–Trinajstić information content (AvgIpc) is 2.42. The third-order valence-electron chi connectivity index (χ3n) is 2.34. The van der Waals surface area contributed by atoms with Crippen molar-refractivity contribution in [3.63, 3.8) is 0 Å². The van der Waals surface area contributed by atoms with E-state index in [1.54, 1.807) is 0 Å². The fraction of sp³-hybridized carbons (Fsp3) is 0.300. The Labute approximate surface area is 76.4 Å². The van der Waals surface area contributed by atoms with Crippen LogP contribution in [0.4, 0.5) is 0 Å². The second-order valence-electron chi connectivity index (χ2n) is 3.14. The predicted octanol–water partition coefficient (Wildman–Crippen LogP) is 2.78. The Morgan fingerprint density at radius 2 is 2.08 bits per heavy atom. The summed E-state index contributed by atoms with van der Waals surface area (Å²) in [6.45, 7) is 1.96. The van der Waals surface area contributed by atoms with E-state index in [4.69, 9.17) is 11.6 Å². The van der Waals surface area contributed by atoms with Gasteiger partial charge in [-0.15, -0.1) is 0 Å². The van der Waals surface area contributed by atoms with Crippen LogP contribution in [0, 0.1) is 6.92 Å². The molecule has 0 aromatic heterocycles. The van der Waals surface area contributed by atoms with Gasteiger partial charge in [-0.1, -0.05) is 17.7 Å². The van der Waals surface area contributed by atoms with Crippen LogP contribution in [-0.4, -0.2) is 5.78 Å². The minimum atomic E-state index is 0.241. The number of carbonyl (C=O) groups excluding carboxylic acids is 1. The lowest BCUT2D eigenvalue weighted by Crippen LogP contribution is -1.95. The lowest BCUT2D eigenvalue weighted by molar-refractivity contribution is 0.0994. The molecule has 62 valence electrons. The van der Waals surface area contributed by atoms with Gasteiger partial charge in [0, 0.05) is 17.0 Å². The van der Waals surface area contributed by atoms with Crippen molar-refractivity contribution in [1.82, 2.24) is 0 Å². The Morgan fingerprint density at radius 1 is 1.33 bits per heavy atom. The van der Waals surface area contributed by atoms with Gasteiger partial charge >= 0.3 is 0 Å². The molecule has 2 rings (SSSR count). The number of fused-ring (bicyclic) bond motifs is 1. The van der Waals surface area contributed by atoms with E-state index in [2.05, 4.69) is 0 Å². The van der Waals surface area contributed by atoms with E-state index >= 15 is 0 Å². The van der Waals surface area contributed by atoms with Gasteiger partial charge in [-0.25, -0.2) is 0 Å². The van der Waals surface area contributed by atoms with Crippen molar-refractivity contribution >= 4 is 17.4 Å². The van der Waals surface area contributed by atoms with Crippen LogP contribution in [0.15, 0.2) is 12.1 Å². The quantitative estimate of drug-likeness (QED) is 0.600. The van der Waals surface area contributed by atoms with Crippen molar-refractivity contribution in [3.8, 4) is 0 Å². The Balaban J connectivity index is 2.72. The molecule has 0 atom stereocenters. The predicted molar refractivity (Wildman–Crippen MR) is 48.8 cm³/mol. The van der Waals surface area contributed by atoms with E-state index in [-0.39, 0.29) is 5.78 Å². The number of hydrogen-bond acceptors (Lipinski definition) is 1. The molecule has 0 amide bonds. The first-order chi connectivity index (χ1) is 5.70. The molecule has 0 aliphatic heterocycles. The van der Waals surface area contributed by atoms with E-state index < -0.39 is 0 Å². The highest BCUT2D eigenvalue weighted by Gasteiger charge is 2.23. The van der Waals surface area contributed by atoms with E-state index in [0.717, 1.165) is 28.1 Å². The van der Waals surface area contributed by atoms with Crippen molar-refractivity contribution in [2.45, 2.75) is 19.8 Å². The van der Waals surface area contributed by atoms with Crippen LogP contribution in [0.3, 0.4) is 0 Å². The molecule has 0 saturated heterocycles. The van der Waals surface area contributed by atoms with Crippen LogP contribution >= 0.6 is 11.6 Å². The first-order valence-electron chi connectivity index (χ1n) is 4.01. The molecular formula is C10H9ClO. The Morgan fingerprint density at radius 3 is 2.75 bits per heavy atom. The number of halogens is 1. The third kappa shape index (κ3) is 0.969. The fourth-order valence-corrected chi connectivity index (χ4v) is 1.99. The highest BCUT2D eigenvalue weighted by Crippen LogP contribution is 2.30. The molecule has 0 unspecified atom stereocenters. The molecule has 1 nitrogen and oxygen atoms in total. The van der Waals surface area contributed by atoms with Gasteiger partial charge in [-0.2, -0.15) is 0 Å². The van der Waals surface area contributed by atoms with Gasteiger partial charge in [0.2, 0.25) is 0 Å². The van der Waals surface area contributed by atoms with Crippen LogP contribution in [0.1, 0.15) is 27.9 Å². The summed E-state index contributed by atoms with van der Waals surface area (Å²) in [5, 5.41) is 0.737. The number of hydrogen-bond donors (Lipinski definition) is 0. The van der Waals surface area contributed by atoms with Gasteiger partial charge in [0.25, 0.3) is 0 Å². The largest absolute Gasteiger partial charge is 0.294 e. The lowest BCUT2D eigenvalue weighted by atomic mass is 10.0. The van der Waals surface area contributed by atoms with E-state index in [0.29, 0.717) is 6.42 Å². The van der Waals surface area contributed by atoms with E-state index in [1.165, 1.54) is 0 Å². The molecule has 1 aromatic carbocycles. The fourth-order valence-electron chi connectivity index (χ4n) is 1.74. The zero-order valence-corrected chi connectivity index (χ0v) is 7.61. The minimum absolute atomic E-state index is 0.241. The molecule has 2 heteroatoms. The van der Waals surface area contributed by atoms with Crippen molar-refractivity contribution in [3.05, 3.63) is 33.8 Å². The molecule has 0 N–H and O–H groups in total. The number of carbonyl (C=O) groups is 1. The molecular weight excluding hydrogens is 172 g/mol. The second kappa shape index (κ2) is 2.60. The summed E-state index contributed by atoms with van der Waals surface area (Å²) in [5.41, 5.74) is 2.96. The topological polar surface area (TPSA) is 17.1 Å². The van der Waals surface area contributed by atoms with E-state index in [1.807, 2.05) is 19.1 Å². The average molecular weight is 181 g/mol. The summed E-state index contributed by atoms with van der Waals surface area (Å²) in [6.07, 6.45) is 1.44. The molecule has 0 heterocycles. The van der Waals surface area contributed by atoms with Gasteiger partial charge in [0.1, 0.15) is 0 Å². The van der Waals surface area contributed by atoms with Crippen LogP contribution in [0.5, 0.6) is 0 Å². The highest BCUT2D eigenvalue weighted by molar-refractivity contribution is 6.32. The molecule has 0 bridgehead atoms. The summed E-state index contributed by atoms with van der Waals surface area (Å²) in [5.74, 6) is 0.241. The summed E-state index contributed by atoms with van der Waals surface area (Å²) in [7, 11) is 0. The number of rotatable bonds is 0. The monoisotopic (exact) mass is 180 g/mol. The summed E-state index contributed by atoms with van der Waals surface area (Å²) in [4.78, 5) is 11.4. The Kier molecular flexibility index (Phi) is 1.69. The molecule has 0 fully saturated rings. The van der Waals surface area contributed by atoms with Crippen molar-refractivity contribution < 1.29 is 4.79 Å². The maximum atomic E-state index is 11.4. The Bertz CT molecular complexity index is 355. The molecule has 1 aromatic rings. The van der Waals surface area contributed by atoms with Gasteiger partial charge in [-0.3, -0.25) is 4.79 Å². The normalized spacial score (nSPS) is 15.0. The zero-order chi connectivity index (χ0) is 8.72. The second-order valence-corrected chi connectivity index (χ2v) is 3.55. The molecule has 1 aliphatic rings. The molecule has 12 heavy (non-hydrogen) atoms. The smallest absolute Gasteiger partial charge is 0.163 e. The molecule has 1 aliphatic carbocycles. The van der Waals surface area contributed by atoms with Crippen molar-refractivity contribution in [1.29, 1.82) is 0 Å². The number of aryl methyl sites for hydroxylation is 1. The van der Waals surface area contributed by atoms with Crippen LogP contribution in [-0.2, 0) is 6.42 Å². The van der Waals surface area contributed by atoms with Crippen molar-refractivity contribution in [2.75, 3.05) is 0 Å². The van der Waals surface area contributed by atoms with Gasteiger partial charge in [-0.05, 0) is 30.5 Å². The first kappa shape index (κ1) is 7.81. The molecule has 0 radical (unpaired) electrons. The standard InChI is InChI=1S/C10H9ClO/c1-6-2-4-8(11)7-3-5-9(12)10(6)7/h2,4H,3,5H2,1H3. The first-order valence-corrected chi connectivity index (χ1v) is 4.39. The summed E-state index contributed by atoms with van der Waals surface area (Å²) in [6, 6.07) is 3.78. The molecule has 0 spiro atoms. The lowest BCUT2D eigenvalue weighted by Gasteiger charge is -2.03. The van der Waals surface area contributed by atoms with Crippen LogP contribution in [0.2, 0.25) is 5.02 Å². The van der Waals surface area contributed by atoms with Crippen LogP contribution < -0.4 is 0 Å². The maximum Gasteiger partial charge on any atom is 0.163 e. The highest BCUT2D eigenvalue weighted by atomic mass is 35.5. The van der Waals surface area contributed by atoms with Gasteiger partial charge in [0.05, 0.1) is 0 Å². The maximum absolute atomic E-state index is 11.4. The van der Waals surface area contributed by atoms with Crippen LogP contribution in [0.25, 0.3) is 0 Å². The third-order valence-corrected chi connectivity index (χ3v) is 2.70. The number of ketones is 1. The SMILES string of the molecule is Cc1ccc(Cl)c2c1C(=O)CC2. The van der Waals surface area contributed by atoms with Gasteiger partial charge < -0.3 is 0 Å².